The second-order valence-corrected chi connectivity index (χ2v) is 5.01. The van der Waals surface area contributed by atoms with Crippen molar-refractivity contribution < 1.29 is 13.6 Å². The van der Waals surface area contributed by atoms with Crippen LogP contribution in [0.3, 0.4) is 0 Å². The number of rotatable bonds is 4. The van der Waals surface area contributed by atoms with Crippen LogP contribution in [0.1, 0.15) is 6.92 Å². The molecule has 7 heteroatoms. The molecule has 0 amide bonds. The average molecular weight is 240 g/mol. The highest BCUT2D eigenvalue weighted by molar-refractivity contribution is 7.33. The van der Waals surface area contributed by atoms with Crippen molar-refractivity contribution in [1.29, 1.82) is 0 Å². The van der Waals surface area contributed by atoms with Crippen molar-refractivity contribution in [3.63, 3.8) is 0 Å². The summed E-state index contributed by atoms with van der Waals surface area (Å²) in [6, 6.07) is 0. The number of alkyl halides is 3. The third-order valence-electron chi connectivity index (χ3n) is 0.568. The van der Waals surface area contributed by atoms with Gasteiger partial charge in [0.25, 0.3) is 0 Å². The van der Waals surface area contributed by atoms with E-state index in [2.05, 4.69) is 9.05 Å². The number of hydrogen-bond donors (Lipinski definition) is 0. The molecule has 1 atom stereocenters. The van der Waals surface area contributed by atoms with Crippen LogP contribution in [-0.4, -0.2) is 17.0 Å². The minimum Gasteiger partial charge on any atom is -0.119 e. The molecular weight excluding hydrogens is 233 g/mol. The molecule has 0 saturated carbocycles. The Labute approximate surface area is 80.8 Å². The highest BCUT2D eigenvalue weighted by Crippen LogP contribution is 2.32. The Bertz CT molecular complexity index is 135. The van der Waals surface area contributed by atoms with Crippen LogP contribution in [0, 0.1) is 0 Å². The van der Waals surface area contributed by atoms with Gasteiger partial charge in [0.2, 0.25) is 3.79 Å². The fourth-order valence-electron chi connectivity index (χ4n) is 0.269. The van der Waals surface area contributed by atoms with Gasteiger partial charge in [-0.2, -0.15) is 0 Å². The molecule has 3 nitrogen and oxygen atoms in total. The standard InChI is InChI=1S/C4H7Cl3O3P/c1-2-9-11(8)10-3-4(5,6)7/h2-3H2,1H3/q+1. The van der Waals surface area contributed by atoms with Crippen molar-refractivity contribution >= 4 is 43.1 Å². The molecule has 66 valence electrons. The Morgan fingerprint density at radius 2 is 1.91 bits per heavy atom. The molecule has 0 aromatic rings. The monoisotopic (exact) mass is 239 g/mol. The molecule has 11 heavy (non-hydrogen) atoms. The lowest BCUT2D eigenvalue weighted by atomic mass is 10.9. The molecular formula is C4H7Cl3O3P+. The molecule has 0 heterocycles. The van der Waals surface area contributed by atoms with Crippen molar-refractivity contribution in [3.8, 4) is 0 Å². The molecule has 0 aliphatic heterocycles. The zero-order valence-corrected chi connectivity index (χ0v) is 8.88. The zero-order valence-electron chi connectivity index (χ0n) is 5.72. The van der Waals surface area contributed by atoms with Gasteiger partial charge in [0.05, 0.1) is 0 Å². The van der Waals surface area contributed by atoms with Gasteiger partial charge in [-0.1, -0.05) is 34.8 Å². The first kappa shape index (κ1) is 11.9. The summed E-state index contributed by atoms with van der Waals surface area (Å²) in [5.41, 5.74) is 0. The Morgan fingerprint density at radius 1 is 1.36 bits per heavy atom. The third-order valence-corrected chi connectivity index (χ3v) is 1.70. The highest BCUT2D eigenvalue weighted by atomic mass is 35.6. The Morgan fingerprint density at radius 3 is 2.27 bits per heavy atom. The van der Waals surface area contributed by atoms with Gasteiger partial charge in [0.1, 0.15) is 6.61 Å². The minimum atomic E-state index is -2.15. The molecule has 0 aromatic heterocycles. The molecule has 0 saturated heterocycles. The van der Waals surface area contributed by atoms with Crippen molar-refractivity contribution in [3.05, 3.63) is 0 Å². The van der Waals surface area contributed by atoms with Crippen molar-refractivity contribution in [2.45, 2.75) is 10.7 Å². The van der Waals surface area contributed by atoms with Crippen LogP contribution in [0.4, 0.5) is 0 Å². The van der Waals surface area contributed by atoms with E-state index in [1.807, 2.05) is 0 Å². The highest BCUT2D eigenvalue weighted by Gasteiger charge is 2.28. The molecule has 0 rings (SSSR count). The van der Waals surface area contributed by atoms with E-state index >= 15 is 0 Å². The molecule has 0 aliphatic rings. The van der Waals surface area contributed by atoms with Gasteiger partial charge in [-0.15, -0.1) is 9.05 Å². The fourth-order valence-corrected chi connectivity index (χ4v) is 1.24. The summed E-state index contributed by atoms with van der Waals surface area (Å²) >= 11 is 15.9. The lowest BCUT2D eigenvalue weighted by Gasteiger charge is -2.02. The summed E-state index contributed by atoms with van der Waals surface area (Å²) in [5, 5.41) is 0. The summed E-state index contributed by atoms with van der Waals surface area (Å²) in [4.78, 5) is 0. The molecule has 0 fully saturated rings. The molecule has 0 radical (unpaired) electrons. The Hall–Kier alpha value is 0.890. The van der Waals surface area contributed by atoms with Crippen LogP contribution >= 0.6 is 43.1 Å². The van der Waals surface area contributed by atoms with Crippen LogP contribution in [-0.2, 0) is 13.6 Å². The van der Waals surface area contributed by atoms with Gasteiger partial charge >= 0.3 is 8.25 Å². The van der Waals surface area contributed by atoms with Crippen molar-refractivity contribution in [2.75, 3.05) is 13.2 Å². The molecule has 0 N–H and O–H groups in total. The lowest BCUT2D eigenvalue weighted by molar-refractivity contribution is 0.237. The summed E-state index contributed by atoms with van der Waals surface area (Å²) in [7, 11) is -2.15. The third kappa shape index (κ3) is 8.80. The molecule has 1 unspecified atom stereocenters. The second kappa shape index (κ2) is 5.52. The predicted molar refractivity (Wildman–Crippen MR) is 45.5 cm³/mol. The maximum atomic E-state index is 10.6. The van der Waals surface area contributed by atoms with E-state index in [1.54, 1.807) is 6.92 Å². The van der Waals surface area contributed by atoms with Gasteiger partial charge in [0.15, 0.2) is 6.61 Å². The fraction of sp³-hybridized carbons (Fsp3) is 1.00. The SMILES string of the molecule is CCO[P+](=O)OCC(Cl)(Cl)Cl. The first-order chi connectivity index (χ1) is 4.95. The lowest BCUT2D eigenvalue weighted by Crippen LogP contribution is -2.09. The zero-order chi connectivity index (χ0) is 8.91. The molecule has 0 aliphatic carbocycles. The van der Waals surface area contributed by atoms with E-state index in [-0.39, 0.29) is 6.61 Å². The van der Waals surface area contributed by atoms with Gasteiger partial charge in [-0.3, -0.25) is 0 Å². The Balaban J connectivity index is 3.46. The van der Waals surface area contributed by atoms with Gasteiger partial charge < -0.3 is 0 Å². The maximum absolute atomic E-state index is 10.6. The van der Waals surface area contributed by atoms with Crippen LogP contribution < -0.4 is 0 Å². The second-order valence-electron chi connectivity index (χ2n) is 1.53. The van der Waals surface area contributed by atoms with E-state index < -0.39 is 12.0 Å². The summed E-state index contributed by atoms with van der Waals surface area (Å²) < 4.78 is 18.2. The average Bonchev–Trinajstić information content (AvgIpc) is 1.83. The number of halogens is 3. The number of hydrogen-bond acceptors (Lipinski definition) is 3. The summed E-state index contributed by atoms with van der Waals surface area (Å²) in [6.07, 6.45) is 0. The maximum Gasteiger partial charge on any atom is 0.697 e. The largest absolute Gasteiger partial charge is 0.697 e. The minimum absolute atomic E-state index is 0.243. The van der Waals surface area contributed by atoms with Crippen molar-refractivity contribution in [2.24, 2.45) is 0 Å². The van der Waals surface area contributed by atoms with Gasteiger partial charge in [-0.25, -0.2) is 0 Å². The van der Waals surface area contributed by atoms with Crippen LogP contribution in [0.25, 0.3) is 0 Å². The molecule has 0 bridgehead atoms. The van der Waals surface area contributed by atoms with Crippen LogP contribution in [0.5, 0.6) is 0 Å². The van der Waals surface area contributed by atoms with E-state index in [4.69, 9.17) is 34.8 Å². The Kier molecular flexibility index (Phi) is 5.97. The molecule has 0 spiro atoms. The van der Waals surface area contributed by atoms with E-state index in [0.717, 1.165) is 0 Å². The van der Waals surface area contributed by atoms with Gasteiger partial charge in [-0.05, 0) is 6.92 Å². The summed E-state index contributed by atoms with van der Waals surface area (Å²) in [6.45, 7) is 1.74. The van der Waals surface area contributed by atoms with E-state index in [9.17, 15) is 4.57 Å². The van der Waals surface area contributed by atoms with E-state index in [1.165, 1.54) is 0 Å². The normalized spacial score (nSPS) is 13.3. The first-order valence-corrected chi connectivity index (χ1v) is 4.98. The van der Waals surface area contributed by atoms with E-state index in [0.29, 0.717) is 6.61 Å². The molecule has 0 aromatic carbocycles. The predicted octanol–water partition coefficient (Wildman–Crippen LogP) is 3.07. The topological polar surface area (TPSA) is 35.5 Å². The first-order valence-electron chi connectivity index (χ1n) is 2.75. The quantitative estimate of drug-likeness (QED) is 0.559. The van der Waals surface area contributed by atoms with Crippen molar-refractivity contribution in [1.82, 2.24) is 0 Å². The smallest absolute Gasteiger partial charge is 0.119 e. The summed E-state index contributed by atoms with van der Waals surface area (Å²) in [5.74, 6) is 0. The van der Waals surface area contributed by atoms with Crippen LogP contribution in [0.15, 0.2) is 0 Å². The van der Waals surface area contributed by atoms with Gasteiger partial charge in [0, 0.05) is 4.57 Å². The van der Waals surface area contributed by atoms with Crippen LogP contribution in [0.2, 0.25) is 0 Å².